The number of hydrogen-bond donors (Lipinski definition) is 0. The summed E-state index contributed by atoms with van der Waals surface area (Å²) in [5, 5.41) is 0.620. The molecule has 3 heteroatoms. The highest BCUT2D eigenvalue weighted by Gasteiger charge is 1.81. The fraction of sp³-hybridized carbons (Fsp3) is 0.750. The minimum absolute atomic E-state index is 0.620. The lowest BCUT2D eigenvalue weighted by Crippen LogP contribution is -1.92. The summed E-state index contributed by atoms with van der Waals surface area (Å²) in [5.41, 5.74) is 0. The fourth-order valence-electron chi connectivity index (χ4n) is 0.142. The van der Waals surface area contributed by atoms with Gasteiger partial charge in [0.05, 0.1) is 0 Å². The second-order valence-electron chi connectivity index (χ2n) is 1.04. The molecule has 0 aliphatic rings. The third kappa shape index (κ3) is 6.24. The second kappa shape index (κ2) is 4.40. The summed E-state index contributed by atoms with van der Waals surface area (Å²) in [7, 11) is 0. The minimum atomic E-state index is 0.620. The largest absolute Gasteiger partial charge is 0.477 e. The predicted molar refractivity (Wildman–Crippen MR) is 37.7 cm³/mol. The summed E-state index contributed by atoms with van der Waals surface area (Å²) < 4.78 is 4.89. The molecule has 0 amide bonds. The molecule has 0 fully saturated rings. The standard InChI is InChI=1S/C4H8OS2/c1-4(6)5-3-7-2/h3H2,1-2H3. The maximum absolute atomic E-state index is 4.89. The van der Waals surface area contributed by atoms with Gasteiger partial charge >= 0.3 is 0 Å². The van der Waals surface area contributed by atoms with Gasteiger partial charge in [-0.1, -0.05) is 0 Å². The molecule has 0 heterocycles. The molecule has 0 atom stereocenters. The van der Waals surface area contributed by atoms with E-state index in [-0.39, 0.29) is 0 Å². The Labute approximate surface area is 53.4 Å². The average Bonchev–Trinajstić information content (AvgIpc) is 1.61. The van der Waals surface area contributed by atoms with Crippen molar-refractivity contribution in [2.24, 2.45) is 0 Å². The molecule has 7 heavy (non-hydrogen) atoms. The number of ether oxygens (including phenoxy) is 1. The van der Waals surface area contributed by atoms with Crippen LogP contribution in [0.15, 0.2) is 0 Å². The molecular weight excluding hydrogens is 128 g/mol. The van der Waals surface area contributed by atoms with Crippen LogP contribution in [0.5, 0.6) is 0 Å². The van der Waals surface area contributed by atoms with Crippen LogP contribution in [-0.4, -0.2) is 17.2 Å². The van der Waals surface area contributed by atoms with Crippen LogP contribution in [-0.2, 0) is 4.74 Å². The number of thioether (sulfide) groups is 1. The van der Waals surface area contributed by atoms with Gasteiger partial charge in [0.25, 0.3) is 0 Å². The molecule has 0 rings (SSSR count). The monoisotopic (exact) mass is 136 g/mol. The summed E-state index contributed by atoms with van der Waals surface area (Å²) in [6, 6.07) is 0. The van der Waals surface area contributed by atoms with Gasteiger partial charge in [0.2, 0.25) is 0 Å². The van der Waals surface area contributed by atoms with Gasteiger partial charge in [-0.2, -0.15) is 0 Å². The van der Waals surface area contributed by atoms with Gasteiger partial charge in [0, 0.05) is 6.92 Å². The molecule has 0 bridgehead atoms. The molecule has 0 aromatic carbocycles. The maximum Gasteiger partial charge on any atom is 0.157 e. The Morgan fingerprint density at radius 1 is 1.86 bits per heavy atom. The maximum atomic E-state index is 4.89. The molecule has 0 radical (unpaired) electrons. The summed E-state index contributed by atoms with van der Waals surface area (Å²) in [6.45, 7) is 1.77. The molecule has 0 aliphatic carbocycles. The number of thiocarbonyl (C=S) groups is 1. The molecule has 0 aromatic heterocycles. The lowest BCUT2D eigenvalue weighted by atomic mass is 10.9. The van der Waals surface area contributed by atoms with Crippen molar-refractivity contribution in [2.45, 2.75) is 6.92 Å². The lowest BCUT2D eigenvalue weighted by Gasteiger charge is -1.96. The van der Waals surface area contributed by atoms with Crippen molar-refractivity contribution in [1.29, 1.82) is 0 Å². The van der Waals surface area contributed by atoms with Crippen molar-refractivity contribution in [3.63, 3.8) is 0 Å². The van der Waals surface area contributed by atoms with E-state index in [2.05, 4.69) is 12.2 Å². The first-order chi connectivity index (χ1) is 3.27. The highest BCUT2D eigenvalue weighted by molar-refractivity contribution is 7.98. The van der Waals surface area contributed by atoms with Gasteiger partial charge in [0.15, 0.2) is 5.05 Å². The molecule has 42 valence electrons. The van der Waals surface area contributed by atoms with Crippen molar-refractivity contribution in [1.82, 2.24) is 0 Å². The van der Waals surface area contributed by atoms with Crippen molar-refractivity contribution in [2.75, 3.05) is 12.2 Å². The van der Waals surface area contributed by atoms with Gasteiger partial charge in [-0.25, -0.2) is 0 Å². The summed E-state index contributed by atoms with van der Waals surface area (Å²) in [6.07, 6.45) is 1.97. The molecule has 0 aromatic rings. The Morgan fingerprint density at radius 2 is 2.43 bits per heavy atom. The SMILES string of the molecule is CSCOC(C)=S. The van der Waals surface area contributed by atoms with Crippen molar-refractivity contribution < 1.29 is 4.74 Å². The van der Waals surface area contributed by atoms with Gasteiger partial charge in [-0.3, -0.25) is 0 Å². The Morgan fingerprint density at radius 3 is 2.57 bits per heavy atom. The molecular formula is C4H8OS2. The predicted octanol–water partition coefficient (Wildman–Crippen LogP) is 1.67. The van der Waals surface area contributed by atoms with Crippen LogP contribution in [0.2, 0.25) is 0 Å². The Hall–Kier alpha value is 0.240. The van der Waals surface area contributed by atoms with Crippen LogP contribution in [0.3, 0.4) is 0 Å². The van der Waals surface area contributed by atoms with E-state index in [0.29, 0.717) is 11.0 Å². The second-order valence-corrected chi connectivity index (χ2v) is 2.43. The van der Waals surface area contributed by atoms with E-state index in [1.165, 1.54) is 0 Å². The van der Waals surface area contributed by atoms with E-state index in [1.807, 2.05) is 6.26 Å². The van der Waals surface area contributed by atoms with E-state index in [1.54, 1.807) is 18.7 Å². The zero-order valence-electron chi connectivity index (χ0n) is 4.43. The zero-order chi connectivity index (χ0) is 5.70. The first kappa shape index (κ1) is 7.24. The lowest BCUT2D eigenvalue weighted by molar-refractivity contribution is 0.389. The normalized spacial score (nSPS) is 8.29. The van der Waals surface area contributed by atoms with Gasteiger partial charge in [-0.15, -0.1) is 11.8 Å². The minimum Gasteiger partial charge on any atom is -0.477 e. The van der Waals surface area contributed by atoms with E-state index in [4.69, 9.17) is 4.74 Å². The third-order valence-corrected chi connectivity index (χ3v) is 0.851. The van der Waals surface area contributed by atoms with Crippen LogP contribution < -0.4 is 0 Å². The Bertz CT molecular complexity index is 62.7. The van der Waals surface area contributed by atoms with E-state index < -0.39 is 0 Å². The molecule has 0 saturated carbocycles. The van der Waals surface area contributed by atoms with E-state index in [0.717, 1.165) is 0 Å². The van der Waals surface area contributed by atoms with Crippen LogP contribution >= 0.6 is 24.0 Å². The highest BCUT2D eigenvalue weighted by atomic mass is 32.2. The van der Waals surface area contributed by atoms with Crippen LogP contribution in [0.4, 0.5) is 0 Å². The quantitative estimate of drug-likeness (QED) is 0.422. The first-order valence-electron chi connectivity index (χ1n) is 1.89. The molecule has 0 unspecified atom stereocenters. The third-order valence-electron chi connectivity index (χ3n) is 0.380. The Kier molecular flexibility index (Phi) is 4.55. The van der Waals surface area contributed by atoms with Crippen LogP contribution in [0.25, 0.3) is 0 Å². The highest BCUT2D eigenvalue weighted by Crippen LogP contribution is 1.92. The summed E-state index contributed by atoms with van der Waals surface area (Å²) in [5.74, 6) is 0.676. The summed E-state index contributed by atoms with van der Waals surface area (Å²) in [4.78, 5) is 0. The van der Waals surface area contributed by atoms with Crippen molar-refractivity contribution >= 4 is 29.0 Å². The molecule has 0 saturated heterocycles. The topological polar surface area (TPSA) is 9.23 Å². The smallest absolute Gasteiger partial charge is 0.157 e. The number of hydrogen-bond acceptors (Lipinski definition) is 3. The molecule has 1 nitrogen and oxygen atoms in total. The molecule has 0 N–H and O–H groups in total. The fourth-order valence-corrected chi connectivity index (χ4v) is 0.570. The van der Waals surface area contributed by atoms with Crippen LogP contribution in [0, 0.1) is 0 Å². The van der Waals surface area contributed by atoms with Gasteiger partial charge in [-0.05, 0) is 18.5 Å². The zero-order valence-corrected chi connectivity index (χ0v) is 6.06. The Balaban J connectivity index is 2.82. The number of rotatable bonds is 2. The van der Waals surface area contributed by atoms with Crippen LogP contribution in [0.1, 0.15) is 6.92 Å². The van der Waals surface area contributed by atoms with Crippen molar-refractivity contribution in [3.8, 4) is 0 Å². The average molecular weight is 136 g/mol. The van der Waals surface area contributed by atoms with Gasteiger partial charge < -0.3 is 4.74 Å². The van der Waals surface area contributed by atoms with Gasteiger partial charge in [0.1, 0.15) is 5.94 Å². The summed E-state index contributed by atoms with van der Waals surface area (Å²) >= 11 is 6.25. The van der Waals surface area contributed by atoms with Crippen molar-refractivity contribution in [3.05, 3.63) is 0 Å². The first-order valence-corrected chi connectivity index (χ1v) is 3.70. The molecule has 0 spiro atoms. The van der Waals surface area contributed by atoms with E-state index >= 15 is 0 Å². The van der Waals surface area contributed by atoms with E-state index in [9.17, 15) is 0 Å². The molecule has 0 aliphatic heterocycles.